The maximum absolute atomic E-state index is 12.6. The highest BCUT2D eigenvalue weighted by atomic mass is 19.1. The largest absolute Gasteiger partial charge is 0.212 e. The molecule has 2 heteroatoms. The molecule has 0 aromatic carbocycles. The summed E-state index contributed by atoms with van der Waals surface area (Å²) in [5.74, 6) is -1.08. The molecule has 11 heavy (non-hydrogen) atoms. The van der Waals surface area contributed by atoms with Crippen LogP contribution in [0.5, 0.6) is 0 Å². The lowest BCUT2D eigenvalue weighted by atomic mass is 10.2. The van der Waals surface area contributed by atoms with Crippen LogP contribution < -0.4 is 0 Å². The van der Waals surface area contributed by atoms with E-state index in [0.717, 1.165) is 11.6 Å². The lowest BCUT2D eigenvalue weighted by molar-refractivity contribution is 0.614. The molecule has 0 bridgehead atoms. The zero-order valence-corrected chi connectivity index (χ0v) is 6.99. The maximum atomic E-state index is 12.6. The first-order chi connectivity index (χ1) is 5.06. The molecule has 0 spiro atoms. The first kappa shape index (κ1) is 10.1. The highest BCUT2D eigenvalue weighted by Gasteiger charge is 1.90. The van der Waals surface area contributed by atoms with Gasteiger partial charge in [-0.25, -0.2) is 8.78 Å². The fraction of sp³-hybridized carbons (Fsp3) is 0.333. The predicted molar refractivity (Wildman–Crippen MR) is 43.5 cm³/mol. The quantitative estimate of drug-likeness (QED) is 0.538. The molecule has 0 aromatic heterocycles. The minimum atomic E-state index is -0.555. The van der Waals surface area contributed by atoms with Crippen LogP contribution in [0.15, 0.2) is 35.5 Å². The van der Waals surface area contributed by atoms with Gasteiger partial charge in [-0.1, -0.05) is 11.6 Å². The van der Waals surface area contributed by atoms with E-state index in [-0.39, 0.29) is 0 Å². The summed E-state index contributed by atoms with van der Waals surface area (Å²) in [7, 11) is 0. The highest BCUT2D eigenvalue weighted by Crippen LogP contribution is 2.08. The minimum absolute atomic E-state index is 0.525. The standard InChI is InChI=1S/C9H12F2/c1-4-7(2)5-9(11)6-8(3)10/h4-6H,1-3H3/b7-4-,8-6+,9-5+. The van der Waals surface area contributed by atoms with E-state index in [4.69, 9.17) is 0 Å². The van der Waals surface area contributed by atoms with Crippen molar-refractivity contribution >= 4 is 0 Å². The van der Waals surface area contributed by atoms with E-state index < -0.39 is 11.7 Å². The second-order valence-electron chi connectivity index (χ2n) is 2.29. The number of hydrogen-bond donors (Lipinski definition) is 0. The van der Waals surface area contributed by atoms with Crippen molar-refractivity contribution in [3.05, 3.63) is 35.5 Å². The van der Waals surface area contributed by atoms with Gasteiger partial charge in [0.25, 0.3) is 0 Å². The fourth-order valence-electron chi connectivity index (χ4n) is 0.533. The van der Waals surface area contributed by atoms with Crippen LogP contribution in [0.2, 0.25) is 0 Å². The molecular weight excluding hydrogens is 146 g/mol. The Labute approximate surface area is 65.9 Å². The molecule has 0 N–H and O–H groups in total. The van der Waals surface area contributed by atoms with Gasteiger partial charge in [0.15, 0.2) is 0 Å². The van der Waals surface area contributed by atoms with E-state index in [2.05, 4.69) is 0 Å². The summed E-state index contributed by atoms with van der Waals surface area (Å²) in [4.78, 5) is 0. The Hall–Kier alpha value is -0.920. The monoisotopic (exact) mass is 158 g/mol. The molecule has 0 atom stereocenters. The Balaban J connectivity index is 4.36. The molecule has 0 aliphatic rings. The van der Waals surface area contributed by atoms with Gasteiger partial charge in [-0.15, -0.1) is 0 Å². The maximum Gasteiger partial charge on any atom is 0.126 e. The molecule has 0 aromatic rings. The van der Waals surface area contributed by atoms with Crippen LogP contribution in [0.25, 0.3) is 0 Å². The van der Waals surface area contributed by atoms with Crippen LogP contribution in [0.1, 0.15) is 20.8 Å². The summed E-state index contributed by atoms with van der Waals surface area (Å²) in [5, 5.41) is 0. The van der Waals surface area contributed by atoms with Crippen molar-refractivity contribution in [3.8, 4) is 0 Å². The lowest BCUT2D eigenvalue weighted by Crippen LogP contribution is -1.71. The SMILES string of the molecule is C\C=C(C)/C=C(F)\C=C(/C)F. The van der Waals surface area contributed by atoms with E-state index >= 15 is 0 Å². The van der Waals surface area contributed by atoms with Gasteiger partial charge < -0.3 is 0 Å². The van der Waals surface area contributed by atoms with Crippen molar-refractivity contribution in [2.75, 3.05) is 0 Å². The molecule has 0 amide bonds. The first-order valence-corrected chi connectivity index (χ1v) is 3.40. The molecule has 0 saturated carbocycles. The Morgan fingerprint density at radius 2 is 1.64 bits per heavy atom. The molecule has 0 heterocycles. The van der Waals surface area contributed by atoms with Gasteiger partial charge in [0.05, 0.1) is 5.83 Å². The van der Waals surface area contributed by atoms with E-state index in [9.17, 15) is 8.78 Å². The summed E-state index contributed by atoms with van der Waals surface area (Å²) in [6.07, 6.45) is 3.89. The summed E-state index contributed by atoms with van der Waals surface area (Å²) in [5.41, 5.74) is 0.778. The molecule has 0 unspecified atom stereocenters. The molecule has 0 saturated heterocycles. The second kappa shape index (κ2) is 4.83. The van der Waals surface area contributed by atoms with Gasteiger partial charge in [0.2, 0.25) is 0 Å². The molecule has 0 fully saturated rings. The number of allylic oxidation sites excluding steroid dienone is 6. The van der Waals surface area contributed by atoms with Gasteiger partial charge in [-0.3, -0.25) is 0 Å². The van der Waals surface area contributed by atoms with Crippen LogP contribution in [-0.4, -0.2) is 0 Å². The third-order valence-corrected chi connectivity index (χ3v) is 1.16. The minimum Gasteiger partial charge on any atom is -0.212 e. The average Bonchev–Trinajstić information content (AvgIpc) is 1.85. The lowest BCUT2D eigenvalue weighted by Gasteiger charge is -1.89. The zero-order valence-electron chi connectivity index (χ0n) is 6.99. The highest BCUT2D eigenvalue weighted by molar-refractivity contribution is 5.24. The third-order valence-electron chi connectivity index (χ3n) is 1.16. The van der Waals surface area contributed by atoms with Crippen molar-refractivity contribution in [2.45, 2.75) is 20.8 Å². The summed E-state index contributed by atoms with van der Waals surface area (Å²) < 4.78 is 24.7. The Kier molecular flexibility index (Phi) is 4.42. The van der Waals surface area contributed by atoms with Crippen molar-refractivity contribution < 1.29 is 8.78 Å². The number of hydrogen-bond acceptors (Lipinski definition) is 0. The molecule has 0 nitrogen and oxygen atoms in total. The molecule has 0 rings (SSSR count). The van der Waals surface area contributed by atoms with Crippen LogP contribution >= 0.6 is 0 Å². The van der Waals surface area contributed by atoms with E-state index in [1.165, 1.54) is 13.0 Å². The fourth-order valence-corrected chi connectivity index (χ4v) is 0.533. The van der Waals surface area contributed by atoms with Crippen LogP contribution in [0, 0.1) is 0 Å². The third kappa shape index (κ3) is 5.52. The topological polar surface area (TPSA) is 0 Å². The second-order valence-corrected chi connectivity index (χ2v) is 2.29. The number of halogens is 2. The van der Waals surface area contributed by atoms with Crippen molar-refractivity contribution in [1.29, 1.82) is 0 Å². The summed E-state index contributed by atoms with van der Waals surface area (Å²) >= 11 is 0. The average molecular weight is 158 g/mol. The molecule has 0 aliphatic carbocycles. The van der Waals surface area contributed by atoms with Gasteiger partial charge in [0, 0.05) is 6.08 Å². The normalized spacial score (nSPS) is 15.5. The van der Waals surface area contributed by atoms with Crippen LogP contribution in [-0.2, 0) is 0 Å². The van der Waals surface area contributed by atoms with E-state index in [0.29, 0.717) is 0 Å². The number of rotatable bonds is 2. The van der Waals surface area contributed by atoms with Crippen molar-refractivity contribution in [3.63, 3.8) is 0 Å². The first-order valence-electron chi connectivity index (χ1n) is 3.40. The molecule has 0 radical (unpaired) electrons. The molecule has 0 aliphatic heterocycles. The van der Waals surface area contributed by atoms with Gasteiger partial charge in [-0.2, -0.15) is 0 Å². The summed E-state index contributed by atoms with van der Waals surface area (Å²) in [6, 6.07) is 0. The zero-order chi connectivity index (χ0) is 8.85. The van der Waals surface area contributed by atoms with Crippen molar-refractivity contribution in [2.24, 2.45) is 0 Å². The Morgan fingerprint density at radius 3 is 2.00 bits per heavy atom. The molecular formula is C9H12F2. The molecule has 62 valence electrons. The van der Waals surface area contributed by atoms with Crippen LogP contribution in [0.3, 0.4) is 0 Å². The Bertz CT molecular complexity index is 206. The van der Waals surface area contributed by atoms with E-state index in [1.807, 2.05) is 0 Å². The van der Waals surface area contributed by atoms with Crippen molar-refractivity contribution in [1.82, 2.24) is 0 Å². The summed E-state index contributed by atoms with van der Waals surface area (Å²) in [6.45, 7) is 4.75. The predicted octanol–water partition coefficient (Wildman–Crippen LogP) is 3.68. The Morgan fingerprint density at radius 1 is 1.09 bits per heavy atom. The van der Waals surface area contributed by atoms with Gasteiger partial charge >= 0.3 is 0 Å². The van der Waals surface area contributed by atoms with Gasteiger partial charge in [0.1, 0.15) is 5.83 Å². The van der Waals surface area contributed by atoms with E-state index in [1.54, 1.807) is 19.9 Å². The smallest absolute Gasteiger partial charge is 0.126 e. The van der Waals surface area contributed by atoms with Gasteiger partial charge in [-0.05, 0) is 26.8 Å². The van der Waals surface area contributed by atoms with Crippen LogP contribution in [0.4, 0.5) is 8.78 Å².